The SMILES string of the molecule is N#Cc1cc(C23CC4CC(CC(C4)C2)C3)on1. The molecule has 4 saturated carbocycles. The van der Waals surface area contributed by atoms with Crippen LogP contribution in [0.1, 0.15) is 50.0 Å². The molecule has 3 heteroatoms. The summed E-state index contributed by atoms with van der Waals surface area (Å²) in [5.74, 6) is 3.69. The monoisotopic (exact) mass is 228 g/mol. The maximum Gasteiger partial charge on any atom is 0.183 e. The average molecular weight is 228 g/mol. The van der Waals surface area contributed by atoms with Crippen molar-refractivity contribution >= 4 is 0 Å². The molecule has 0 aliphatic heterocycles. The highest BCUT2D eigenvalue weighted by molar-refractivity contribution is 5.27. The lowest BCUT2D eigenvalue weighted by molar-refractivity contribution is -0.0175. The van der Waals surface area contributed by atoms with Gasteiger partial charge in [0.1, 0.15) is 11.8 Å². The highest BCUT2D eigenvalue weighted by Gasteiger charge is 2.53. The molecule has 5 rings (SSSR count). The smallest absolute Gasteiger partial charge is 0.183 e. The molecule has 0 saturated heterocycles. The molecule has 3 nitrogen and oxygen atoms in total. The van der Waals surface area contributed by atoms with Gasteiger partial charge in [0.2, 0.25) is 0 Å². The second-order valence-electron chi connectivity index (χ2n) is 6.39. The van der Waals surface area contributed by atoms with Gasteiger partial charge in [-0.1, -0.05) is 5.16 Å². The summed E-state index contributed by atoms with van der Waals surface area (Å²) in [6, 6.07) is 3.96. The summed E-state index contributed by atoms with van der Waals surface area (Å²) in [5.41, 5.74) is 0.673. The molecule has 0 unspecified atom stereocenters. The Balaban J connectivity index is 1.75. The quantitative estimate of drug-likeness (QED) is 0.742. The van der Waals surface area contributed by atoms with Crippen LogP contribution in [0.3, 0.4) is 0 Å². The number of nitrogens with zero attached hydrogens (tertiary/aromatic N) is 2. The van der Waals surface area contributed by atoms with Crippen molar-refractivity contribution in [3.05, 3.63) is 17.5 Å². The van der Waals surface area contributed by atoms with Crippen LogP contribution in [-0.2, 0) is 5.41 Å². The van der Waals surface area contributed by atoms with Crippen molar-refractivity contribution in [2.75, 3.05) is 0 Å². The zero-order valence-corrected chi connectivity index (χ0v) is 9.85. The molecule has 4 bridgehead atoms. The van der Waals surface area contributed by atoms with Gasteiger partial charge in [-0.2, -0.15) is 5.26 Å². The van der Waals surface area contributed by atoms with Gasteiger partial charge < -0.3 is 4.52 Å². The molecule has 0 atom stereocenters. The van der Waals surface area contributed by atoms with Gasteiger partial charge in [0.25, 0.3) is 0 Å². The zero-order valence-electron chi connectivity index (χ0n) is 9.85. The molecule has 0 aromatic carbocycles. The van der Waals surface area contributed by atoms with E-state index in [1.165, 1.54) is 38.5 Å². The van der Waals surface area contributed by atoms with E-state index in [4.69, 9.17) is 9.78 Å². The van der Waals surface area contributed by atoms with Crippen LogP contribution in [-0.4, -0.2) is 5.16 Å². The fourth-order valence-electron chi connectivity index (χ4n) is 4.99. The first kappa shape index (κ1) is 9.70. The van der Waals surface area contributed by atoms with E-state index >= 15 is 0 Å². The highest BCUT2D eigenvalue weighted by atomic mass is 16.5. The van der Waals surface area contributed by atoms with Crippen LogP contribution in [0.5, 0.6) is 0 Å². The van der Waals surface area contributed by atoms with Gasteiger partial charge >= 0.3 is 0 Å². The largest absolute Gasteiger partial charge is 0.359 e. The van der Waals surface area contributed by atoms with E-state index < -0.39 is 0 Å². The van der Waals surface area contributed by atoms with Crippen molar-refractivity contribution in [3.8, 4) is 6.07 Å². The molecule has 1 aromatic rings. The molecule has 0 N–H and O–H groups in total. The first-order valence-electron chi connectivity index (χ1n) is 6.65. The molecule has 0 amide bonds. The van der Waals surface area contributed by atoms with E-state index in [1.54, 1.807) is 0 Å². The van der Waals surface area contributed by atoms with Gasteiger partial charge in [-0.3, -0.25) is 0 Å². The predicted molar refractivity (Wildman–Crippen MR) is 61.1 cm³/mol. The van der Waals surface area contributed by atoms with Gasteiger partial charge in [-0.25, -0.2) is 0 Å². The Hall–Kier alpha value is -1.30. The lowest BCUT2D eigenvalue weighted by Gasteiger charge is -2.55. The van der Waals surface area contributed by atoms with Gasteiger partial charge in [-0.15, -0.1) is 0 Å². The van der Waals surface area contributed by atoms with Gasteiger partial charge in [-0.05, 0) is 56.3 Å². The van der Waals surface area contributed by atoms with Crippen molar-refractivity contribution in [1.29, 1.82) is 5.26 Å². The Morgan fingerprint density at radius 3 is 2.24 bits per heavy atom. The molecular weight excluding hydrogens is 212 g/mol. The normalized spacial score (nSPS) is 42.6. The summed E-state index contributed by atoms with van der Waals surface area (Å²) < 4.78 is 5.47. The van der Waals surface area contributed by atoms with E-state index in [1.807, 2.05) is 6.07 Å². The van der Waals surface area contributed by atoms with Crippen LogP contribution in [0, 0.1) is 29.1 Å². The molecule has 1 aromatic heterocycles. The van der Waals surface area contributed by atoms with Gasteiger partial charge in [0.15, 0.2) is 5.69 Å². The summed E-state index contributed by atoms with van der Waals surface area (Å²) in [5, 5.41) is 12.7. The molecule has 88 valence electrons. The summed E-state index contributed by atoms with van der Waals surface area (Å²) >= 11 is 0. The van der Waals surface area contributed by atoms with E-state index in [0.717, 1.165) is 23.5 Å². The number of hydrogen-bond acceptors (Lipinski definition) is 3. The van der Waals surface area contributed by atoms with E-state index in [9.17, 15) is 0 Å². The summed E-state index contributed by atoms with van der Waals surface area (Å²) in [6.45, 7) is 0. The van der Waals surface area contributed by atoms with E-state index in [0.29, 0.717) is 5.69 Å². The third kappa shape index (κ3) is 1.30. The van der Waals surface area contributed by atoms with Crippen LogP contribution >= 0.6 is 0 Å². The molecule has 0 radical (unpaired) electrons. The number of rotatable bonds is 1. The predicted octanol–water partition coefficient (Wildman–Crippen LogP) is 3.01. The molecule has 4 aliphatic rings. The van der Waals surface area contributed by atoms with E-state index in [2.05, 4.69) is 11.2 Å². The summed E-state index contributed by atoms with van der Waals surface area (Å²) in [7, 11) is 0. The minimum Gasteiger partial charge on any atom is -0.359 e. The topological polar surface area (TPSA) is 49.8 Å². The molecule has 17 heavy (non-hydrogen) atoms. The summed E-state index contributed by atoms with van der Waals surface area (Å²) in [6.07, 6.45) is 8.08. The van der Waals surface area contributed by atoms with E-state index in [-0.39, 0.29) is 5.41 Å². The Bertz CT molecular complexity index is 461. The second kappa shape index (κ2) is 3.13. The van der Waals surface area contributed by atoms with Gasteiger partial charge in [0.05, 0.1) is 0 Å². The fraction of sp³-hybridized carbons (Fsp3) is 0.714. The number of aromatic nitrogens is 1. The van der Waals surface area contributed by atoms with Crippen LogP contribution < -0.4 is 0 Å². The number of hydrogen-bond donors (Lipinski definition) is 0. The first-order chi connectivity index (χ1) is 8.27. The average Bonchev–Trinajstić information content (AvgIpc) is 2.76. The fourth-order valence-corrected chi connectivity index (χ4v) is 4.99. The molecule has 4 fully saturated rings. The third-order valence-corrected chi connectivity index (χ3v) is 5.19. The van der Waals surface area contributed by atoms with Crippen LogP contribution in [0.4, 0.5) is 0 Å². The molecule has 0 spiro atoms. The first-order valence-corrected chi connectivity index (χ1v) is 6.65. The Morgan fingerprint density at radius 2 is 1.76 bits per heavy atom. The van der Waals surface area contributed by atoms with Crippen molar-refractivity contribution in [2.24, 2.45) is 17.8 Å². The van der Waals surface area contributed by atoms with Crippen LogP contribution in [0.2, 0.25) is 0 Å². The molecular formula is C14H16N2O. The lowest BCUT2D eigenvalue weighted by Crippen LogP contribution is -2.48. The maximum absolute atomic E-state index is 8.86. The molecule has 1 heterocycles. The maximum atomic E-state index is 8.86. The second-order valence-corrected chi connectivity index (χ2v) is 6.39. The lowest BCUT2D eigenvalue weighted by atomic mass is 9.49. The third-order valence-electron chi connectivity index (χ3n) is 5.19. The minimum atomic E-state index is 0.233. The Labute approximate surface area is 101 Å². The number of nitriles is 1. The highest BCUT2D eigenvalue weighted by Crippen LogP contribution is 2.60. The zero-order chi connectivity index (χ0) is 11.5. The van der Waals surface area contributed by atoms with Crippen molar-refractivity contribution in [2.45, 2.75) is 43.9 Å². The van der Waals surface area contributed by atoms with Gasteiger partial charge in [0, 0.05) is 11.5 Å². The summed E-state index contributed by atoms with van der Waals surface area (Å²) in [4.78, 5) is 0. The Morgan fingerprint density at radius 1 is 1.18 bits per heavy atom. The van der Waals surface area contributed by atoms with Crippen molar-refractivity contribution < 1.29 is 4.52 Å². The minimum absolute atomic E-state index is 0.233. The molecule has 4 aliphatic carbocycles. The van der Waals surface area contributed by atoms with Crippen molar-refractivity contribution in [3.63, 3.8) is 0 Å². The standard InChI is InChI=1S/C14H16N2O/c15-8-12-4-13(17-16-12)14-5-9-1-10(6-14)3-11(2-9)7-14/h4,9-11H,1-3,5-7H2. The van der Waals surface area contributed by atoms with Crippen LogP contribution in [0.25, 0.3) is 0 Å². The Kier molecular flexibility index (Phi) is 1.79. The van der Waals surface area contributed by atoms with Crippen LogP contribution in [0.15, 0.2) is 10.6 Å². The van der Waals surface area contributed by atoms with Crippen molar-refractivity contribution in [1.82, 2.24) is 5.16 Å².